The molecule has 0 fully saturated rings. The van der Waals surface area contributed by atoms with Gasteiger partial charge in [0.1, 0.15) is 11.0 Å². The topological polar surface area (TPSA) is 25.8 Å². The Labute approximate surface area is 112 Å². The summed E-state index contributed by atoms with van der Waals surface area (Å²) in [5.74, 6) is 0.660. The van der Waals surface area contributed by atoms with E-state index in [2.05, 4.69) is 16.9 Å². The maximum atomic E-state index is 6.13. The summed E-state index contributed by atoms with van der Waals surface area (Å²) >= 11 is 12.1. The highest BCUT2D eigenvalue weighted by molar-refractivity contribution is 6.32. The summed E-state index contributed by atoms with van der Waals surface area (Å²) in [5, 5.41) is 1.24. The predicted octanol–water partition coefficient (Wildman–Crippen LogP) is 4.68. The summed E-state index contributed by atoms with van der Waals surface area (Å²) in [7, 11) is 0. The molecule has 0 radical (unpaired) electrons. The fourth-order valence-electron chi connectivity index (χ4n) is 1.24. The number of halogens is 2. The third-order valence-corrected chi connectivity index (χ3v) is 3.38. The minimum absolute atomic E-state index is 0.490. The fraction of sp³-hybridized carbons (Fsp3) is 0.385. The summed E-state index contributed by atoms with van der Waals surface area (Å²) in [6.07, 6.45) is 4.66. The Morgan fingerprint density at radius 2 is 1.94 bits per heavy atom. The first-order valence-electron chi connectivity index (χ1n) is 5.49. The van der Waals surface area contributed by atoms with E-state index in [9.17, 15) is 0 Å². The molecule has 0 amide bonds. The van der Waals surface area contributed by atoms with E-state index in [1.807, 2.05) is 32.9 Å². The van der Waals surface area contributed by atoms with Crippen molar-refractivity contribution in [1.29, 1.82) is 0 Å². The van der Waals surface area contributed by atoms with E-state index < -0.39 is 0 Å². The van der Waals surface area contributed by atoms with E-state index in [-0.39, 0.29) is 0 Å². The van der Waals surface area contributed by atoms with Gasteiger partial charge in [0.2, 0.25) is 0 Å². The number of hydrogen-bond donors (Lipinski definition) is 0. The molecule has 0 aliphatic carbocycles. The first-order chi connectivity index (χ1) is 7.95. The average molecular weight is 271 g/mol. The molecule has 0 spiro atoms. The maximum Gasteiger partial charge on any atom is 0.136 e. The van der Waals surface area contributed by atoms with Crippen molar-refractivity contribution in [3.05, 3.63) is 38.9 Å². The Bertz CT molecular complexity index is 477. The summed E-state index contributed by atoms with van der Waals surface area (Å²) < 4.78 is 0. The van der Waals surface area contributed by atoms with Crippen LogP contribution in [0.3, 0.4) is 0 Å². The Balaban J connectivity index is 3.08. The Kier molecular flexibility index (Phi) is 5.16. The van der Waals surface area contributed by atoms with Crippen LogP contribution in [0.4, 0.5) is 0 Å². The molecule has 1 heterocycles. The number of aromatic nitrogens is 2. The van der Waals surface area contributed by atoms with Gasteiger partial charge in [0, 0.05) is 10.6 Å². The number of allylic oxidation sites excluding steroid dienone is 3. The summed E-state index contributed by atoms with van der Waals surface area (Å²) in [6.45, 7) is 7.80. The van der Waals surface area contributed by atoms with Crippen LogP contribution in [0.15, 0.2) is 16.7 Å². The van der Waals surface area contributed by atoms with Gasteiger partial charge in [-0.15, -0.1) is 0 Å². The van der Waals surface area contributed by atoms with Crippen molar-refractivity contribution >= 4 is 29.3 Å². The van der Waals surface area contributed by atoms with Crippen LogP contribution in [0.2, 0.25) is 5.15 Å². The van der Waals surface area contributed by atoms with E-state index in [0.717, 1.165) is 28.3 Å². The van der Waals surface area contributed by atoms with Crippen LogP contribution < -0.4 is 0 Å². The van der Waals surface area contributed by atoms with E-state index in [1.54, 1.807) is 0 Å². The third kappa shape index (κ3) is 3.83. The standard InChI is InChI=1S/C13H16Cl2N2/c1-5-8(2)11(14)6-7-12-9(3)13(15)17-10(4)16-12/h6-7H,5H2,1-4H3. The smallest absolute Gasteiger partial charge is 0.136 e. The van der Waals surface area contributed by atoms with Crippen molar-refractivity contribution in [3.63, 3.8) is 0 Å². The van der Waals surface area contributed by atoms with E-state index in [0.29, 0.717) is 11.0 Å². The monoisotopic (exact) mass is 270 g/mol. The molecule has 0 bridgehead atoms. The first kappa shape index (κ1) is 14.2. The van der Waals surface area contributed by atoms with Gasteiger partial charge < -0.3 is 0 Å². The van der Waals surface area contributed by atoms with Crippen LogP contribution in [0.1, 0.15) is 37.4 Å². The quantitative estimate of drug-likeness (QED) is 0.589. The van der Waals surface area contributed by atoms with Crippen molar-refractivity contribution in [2.45, 2.75) is 34.1 Å². The molecule has 1 aromatic rings. The van der Waals surface area contributed by atoms with Crippen molar-refractivity contribution < 1.29 is 0 Å². The summed E-state index contributed by atoms with van der Waals surface area (Å²) in [6, 6.07) is 0. The lowest BCUT2D eigenvalue weighted by Crippen LogP contribution is -1.95. The van der Waals surface area contributed by atoms with Crippen LogP contribution in [-0.4, -0.2) is 9.97 Å². The van der Waals surface area contributed by atoms with Crippen molar-refractivity contribution in [1.82, 2.24) is 9.97 Å². The van der Waals surface area contributed by atoms with Gasteiger partial charge >= 0.3 is 0 Å². The minimum atomic E-state index is 0.490. The number of nitrogens with zero attached hydrogens (tertiary/aromatic N) is 2. The van der Waals surface area contributed by atoms with E-state index in [1.165, 1.54) is 0 Å². The lowest BCUT2D eigenvalue weighted by atomic mass is 10.2. The molecule has 1 aromatic heterocycles. The summed E-state index contributed by atoms with van der Waals surface area (Å²) in [4.78, 5) is 8.41. The minimum Gasteiger partial charge on any atom is -0.233 e. The molecule has 2 nitrogen and oxygen atoms in total. The number of hydrogen-bond acceptors (Lipinski definition) is 2. The van der Waals surface area contributed by atoms with Gasteiger partial charge in [0.15, 0.2) is 0 Å². The lowest BCUT2D eigenvalue weighted by molar-refractivity contribution is 1.02. The highest BCUT2D eigenvalue weighted by Crippen LogP contribution is 2.19. The van der Waals surface area contributed by atoms with Crippen LogP contribution in [0.5, 0.6) is 0 Å². The van der Waals surface area contributed by atoms with Crippen molar-refractivity contribution in [2.24, 2.45) is 0 Å². The van der Waals surface area contributed by atoms with Crippen LogP contribution >= 0.6 is 23.2 Å². The molecule has 0 N–H and O–H groups in total. The van der Waals surface area contributed by atoms with Crippen LogP contribution in [0, 0.1) is 13.8 Å². The van der Waals surface area contributed by atoms with Gasteiger partial charge in [-0.05, 0) is 39.3 Å². The Morgan fingerprint density at radius 3 is 2.53 bits per heavy atom. The first-order valence-corrected chi connectivity index (χ1v) is 6.25. The molecule has 0 saturated heterocycles. The molecule has 92 valence electrons. The van der Waals surface area contributed by atoms with E-state index in [4.69, 9.17) is 23.2 Å². The average Bonchev–Trinajstić information content (AvgIpc) is 2.30. The molecule has 17 heavy (non-hydrogen) atoms. The molecule has 0 aliphatic heterocycles. The highest BCUT2D eigenvalue weighted by atomic mass is 35.5. The molecular weight excluding hydrogens is 255 g/mol. The summed E-state index contributed by atoms with van der Waals surface area (Å²) in [5.41, 5.74) is 2.83. The zero-order valence-corrected chi connectivity index (χ0v) is 12.0. The van der Waals surface area contributed by atoms with Gasteiger partial charge in [-0.1, -0.05) is 35.7 Å². The normalized spacial score (nSPS) is 13.1. The fourth-order valence-corrected chi connectivity index (χ4v) is 1.66. The molecule has 0 aliphatic rings. The SMILES string of the molecule is CCC(C)=C(Cl)C=Cc1nc(C)nc(Cl)c1C. The predicted molar refractivity (Wildman–Crippen MR) is 74.4 cm³/mol. The Hall–Kier alpha value is -0.860. The molecule has 0 unspecified atom stereocenters. The lowest BCUT2D eigenvalue weighted by Gasteiger charge is -2.03. The molecule has 0 atom stereocenters. The maximum absolute atomic E-state index is 6.13. The zero-order chi connectivity index (χ0) is 13.0. The Morgan fingerprint density at radius 1 is 1.29 bits per heavy atom. The highest BCUT2D eigenvalue weighted by Gasteiger charge is 2.04. The van der Waals surface area contributed by atoms with Gasteiger partial charge in [0.25, 0.3) is 0 Å². The third-order valence-electron chi connectivity index (χ3n) is 2.56. The van der Waals surface area contributed by atoms with Gasteiger partial charge in [-0.25, -0.2) is 9.97 Å². The largest absolute Gasteiger partial charge is 0.233 e. The van der Waals surface area contributed by atoms with E-state index >= 15 is 0 Å². The molecule has 0 saturated carbocycles. The van der Waals surface area contributed by atoms with Crippen molar-refractivity contribution in [2.75, 3.05) is 0 Å². The van der Waals surface area contributed by atoms with Gasteiger partial charge in [0.05, 0.1) is 5.69 Å². The van der Waals surface area contributed by atoms with Crippen LogP contribution in [0.25, 0.3) is 6.08 Å². The number of aryl methyl sites for hydroxylation is 1. The second kappa shape index (κ2) is 6.18. The molecular formula is C13H16Cl2N2. The van der Waals surface area contributed by atoms with Crippen LogP contribution in [-0.2, 0) is 0 Å². The number of rotatable bonds is 3. The zero-order valence-electron chi connectivity index (χ0n) is 10.5. The second-order valence-corrected chi connectivity index (χ2v) is 4.65. The van der Waals surface area contributed by atoms with Gasteiger partial charge in [-0.3, -0.25) is 0 Å². The second-order valence-electron chi connectivity index (χ2n) is 3.89. The molecule has 4 heteroatoms. The van der Waals surface area contributed by atoms with Gasteiger partial charge in [-0.2, -0.15) is 0 Å². The molecule has 0 aromatic carbocycles. The molecule has 1 rings (SSSR count). The van der Waals surface area contributed by atoms with Crippen molar-refractivity contribution in [3.8, 4) is 0 Å².